The maximum Gasteiger partial charge on any atom is 0.0759 e. The lowest BCUT2D eigenvalue weighted by atomic mass is 10.0. The molecule has 0 aromatic carbocycles. The fourth-order valence-corrected chi connectivity index (χ4v) is 2.74. The van der Waals surface area contributed by atoms with E-state index in [9.17, 15) is 0 Å². The van der Waals surface area contributed by atoms with Crippen molar-refractivity contribution >= 4 is 0 Å². The summed E-state index contributed by atoms with van der Waals surface area (Å²) in [6.45, 7) is 5.03. The molecule has 4 heteroatoms. The van der Waals surface area contributed by atoms with E-state index in [1.54, 1.807) is 0 Å². The second kappa shape index (κ2) is 6.53. The first kappa shape index (κ1) is 14.5. The summed E-state index contributed by atoms with van der Waals surface area (Å²) in [5, 5.41) is 7.98. The second-order valence-corrected chi connectivity index (χ2v) is 5.46. The topological polar surface area (TPSA) is 39.1 Å². The van der Waals surface area contributed by atoms with Crippen molar-refractivity contribution in [2.75, 3.05) is 13.7 Å². The van der Waals surface area contributed by atoms with Crippen LogP contribution < -0.4 is 5.32 Å². The van der Waals surface area contributed by atoms with Gasteiger partial charge in [-0.3, -0.25) is 4.68 Å². The van der Waals surface area contributed by atoms with Crippen LogP contribution in [0, 0.1) is 5.92 Å². The van der Waals surface area contributed by atoms with E-state index in [2.05, 4.69) is 30.3 Å². The van der Waals surface area contributed by atoms with E-state index in [-0.39, 0.29) is 0 Å². The van der Waals surface area contributed by atoms with Crippen LogP contribution in [0.1, 0.15) is 38.1 Å². The molecule has 108 valence electrons. The van der Waals surface area contributed by atoms with Crippen molar-refractivity contribution in [1.29, 1.82) is 0 Å². The highest BCUT2D eigenvalue weighted by Crippen LogP contribution is 2.36. The van der Waals surface area contributed by atoms with E-state index in [0.29, 0.717) is 12.1 Å². The molecule has 0 bridgehead atoms. The summed E-state index contributed by atoms with van der Waals surface area (Å²) in [7, 11) is 4.07. The SMILES string of the molecule is CCOC(C1CC1)C(Cc1cc(CC)nn1C)NC. The van der Waals surface area contributed by atoms with Crippen molar-refractivity contribution in [3.8, 4) is 0 Å². The minimum Gasteiger partial charge on any atom is -0.377 e. The molecule has 1 saturated carbocycles. The highest BCUT2D eigenvalue weighted by Gasteiger charge is 2.37. The molecule has 0 saturated heterocycles. The van der Waals surface area contributed by atoms with Crippen molar-refractivity contribution in [2.24, 2.45) is 13.0 Å². The summed E-state index contributed by atoms with van der Waals surface area (Å²) in [6.07, 6.45) is 4.95. The summed E-state index contributed by atoms with van der Waals surface area (Å²) in [5.41, 5.74) is 2.47. The maximum atomic E-state index is 5.97. The van der Waals surface area contributed by atoms with Crippen molar-refractivity contribution < 1.29 is 4.74 Å². The smallest absolute Gasteiger partial charge is 0.0759 e. The van der Waals surface area contributed by atoms with Gasteiger partial charge >= 0.3 is 0 Å². The Morgan fingerprint density at radius 2 is 2.21 bits per heavy atom. The zero-order valence-electron chi connectivity index (χ0n) is 12.6. The molecule has 1 N–H and O–H groups in total. The summed E-state index contributed by atoms with van der Waals surface area (Å²) in [6, 6.07) is 2.60. The van der Waals surface area contributed by atoms with Crippen LogP contribution >= 0.6 is 0 Å². The van der Waals surface area contributed by atoms with Crippen LogP contribution in [0.5, 0.6) is 0 Å². The maximum absolute atomic E-state index is 5.97. The Labute approximate surface area is 116 Å². The van der Waals surface area contributed by atoms with E-state index in [1.165, 1.54) is 24.2 Å². The van der Waals surface area contributed by atoms with E-state index in [0.717, 1.165) is 25.4 Å². The normalized spacial score (nSPS) is 18.5. The molecule has 0 aliphatic heterocycles. The van der Waals surface area contributed by atoms with Crippen molar-refractivity contribution in [3.05, 3.63) is 17.5 Å². The molecular formula is C15H27N3O. The summed E-state index contributed by atoms with van der Waals surface area (Å²) >= 11 is 0. The third-order valence-corrected chi connectivity index (χ3v) is 4.03. The molecule has 1 aliphatic carbocycles. The van der Waals surface area contributed by atoms with Crippen molar-refractivity contribution in [2.45, 2.75) is 51.7 Å². The number of hydrogen-bond donors (Lipinski definition) is 1. The van der Waals surface area contributed by atoms with Gasteiger partial charge in [0.1, 0.15) is 0 Å². The molecule has 1 aromatic rings. The van der Waals surface area contributed by atoms with Gasteiger partial charge in [-0.25, -0.2) is 0 Å². The molecule has 1 aliphatic rings. The molecule has 2 rings (SSSR count). The summed E-state index contributed by atoms with van der Waals surface area (Å²) < 4.78 is 7.98. The Morgan fingerprint density at radius 3 is 2.68 bits per heavy atom. The Hall–Kier alpha value is -0.870. The van der Waals surface area contributed by atoms with Gasteiger partial charge in [0, 0.05) is 31.8 Å². The largest absolute Gasteiger partial charge is 0.377 e. The first-order valence-corrected chi connectivity index (χ1v) is 7.50. The first-order valence-electron chi connectivity index (χ1n) is 7.50. The molecule has 1 heterocycles. The van der Waals surface area contributed by atoms with E-state index in [1.807, 2.05) is 18.8 Å². The van der Waals surface area contributed by atoms with Gasteiger partial charge < -0.3 is 10.1 Å². The van der Waals surface area contributed by atoms with Gasteiger partial charge in [-0.05, 0) is 45.2 Å². The predicted molar refractivity (Wildman–Crippen MR) is 77.3 cm³/mol. The number of ether oxygens (including phenoxy) is 1. The summed E-state index contributed by atoms with van der Waals surface area (Å²) in [5.74, 6) is 0.747. The van der Waals surface area contributed by atoms with Crippen LogP contribution in [0.15, 0.2) is 6.07 Å². The molecule has 19 heavy (non-hydrogen) atoms. The van der Waals surface area contributed by atoms with Gasteiger partial charge in [0.15, 0.2) is 0 Å². The number of aromatic nitrogens is 2. The minimum atomic E-state index is 0.343. The lowest BCUT2D eigenvalue weighted by Crippen LogP contribution is -2.42. The third kappa shape index (κ3) is 3.57. The Bertz CT molecular complexity index is 398. The molecule has 0 amide bonds. The molecule has 0 spiro atoms. The van der Waals surface area contributed by atoms with E-state index >= 15 is 0 Å². The van der Waals surface area contributed by atoms with Gasteiger partial charge in [0.05, 0.1) is 11.8 Å². The number of aryl methyl sites for hydroxylation is 2. The monoisotopic (exact) mass is 265 g/mol. The van der Waals surface area contributed by atoms with Crippen molar-refractivity contribution in [1.82, 2.24) is 15.1 Å². The Morgan fingerprint density at radius 1 is 1.47 bits per heavy atom. The van der Waals surface area contributed by atoms with E-state index in [4.69, 9.17) is 4.74 Å². The standard InChI is InChI=1S/C15H27N3O/c1-5-12-9-13(18(4)17-12)10-14(16-3)15(19-6-2)11-7-8-11/h9,11,14-16H,5-8,10H2,1-4H3. The number of nitrogens with one attached hydrogen (secondary N) is 1. The van der Waals surface area contributed by atoms with Crippen LogP contribution in [0.3, 0.4) is 0 Å². The lowest BCUT2D eigenvalue weighted by molar-refractivity contribution is 0.0207. The molecule has 0 radical (unpaired) electrons. The van der Waals surface area contributed by atoms with Gasteiger partial charge in [-0.15, -0.1) is 0 Å². The average molecular weight is 265 g/mol. The van der Waals surface area contributed by atoms with Crippen LogP contribution in [-0.4, -0.2) is 35.6 Å². The van der Waals surface area contributed by atoms with Gasteiger partial charge in [0.25, 0.3) is 0 Å². The average Bonchev–Trinajstić information content (AvgIpc) is 3.18. The highest BCUT2D eigenvalue weighted by atomic mass is 16.5. The summed E-state index contributed by atoms with van der Waals surface area (Å²) in [4.78, 5) is 0. The Balaban J connectivity index is 2.06. The quantitative estimate of drug-likeness (QED) is 0.780. The zero-order chi connectivity index (χ0) is 13.8. The molecule has 1 aromatic heterocycles. The number of rotatable bonds is 8. The molecular weight excluding hydrogens is 238 g/mol. The number of nitrogens with zero attached hydrogens (tertiary/aromatic N) is 2. The van der Waals surface area contributed by atoms with Crippen LogP contribution in [0.2, 0.25) is 0 Å². The predicted octanol–water partition coefficient (Wildman–Crippen LogP) is 1.93. The third-order valence-electron chi connectivity index (χ3n) is 4.03. The zero-order valence-corrected chi connectivity index (χ0v) is 12.6. The highest BCUT2D eigenvalue weighted by molar-refractivity contribution is 5.12. The molecule has 4 nitrogen and oxygen atoms in total. The van der Waals surface area contributed by atoms with Crippen molar-refractivity contribution in [3.63, 3.8) is 0 Å². The van der Waals surface area contributed by atoms with Gasteiger partial charge in [-0.1, -0.05) is 6.92 Å². The van der Waals surface area contributed by atoms with Crippen LogP contribution in [-0.2, 0) is 24.6 Å². The Kier molecular flexibility index (Phi) is 4.99. The molecule has 2 unspecified atom stereocenters. The molecule has 2 atom stereocenters. The fourth-order valence-electron chi connectivity index (χ4n) is 2.74. The first-order chi connectivity index (χ1) is 9.19. The second-order valence-electron chi connectivity index (χ2n) is 5.46. The minimum absolute atomic E-state index is 0.343. The number of hydrogen-bond acceptors (Lipinski definition) is 3. The van der Waals surface area contributed by atoms with Crippen LogP contribution in [0.4, 0.5) is 0 Å². The van der Waals surface area contributed by atoms with Gasteiger partial charge in [0.2, 0.25) is 0 Å². The van der Waals surface area contributed by atoms with Crippen LogP contribution in [0.25, 0.3) is 0 Å². The lowest BCUT2D eigenvalue weighted by Gasteiger charge is -2.26. The molecule has 1 fully saturated rings. The van der Waals surface area contributed by atoms with Gasteiger partial charge in [-0.2, -0.15) is 5.10 Å². The number of likely N-dealkylation sites (N-methyl/N-ethyl adjacent to an activating group) is 1. The van der Waals surface area contributed by atoms with E-state index < -0.39 is 0 Å². The fraction of sp³-hybridized carbons (Fsp3) is 0.800.